The lowest BCUT2D eigenvalue weighted by Gasteiger charge is -2.10. The zero-order chi connectivity index (χ0) is 12.9. The van der Waals surface area contributed by atoms with Gasteiger partial charge in [0.15, 0.2) is 0 Å². The molecular weight excluding hydrogens is 237 g/mol. The van der Waals surface area contributed by atoms with Gasteiger partial charge in [-0.3, -0.25) is 4.74 Å². The van der Waals surface area contributed by atoms with Crippen molar-refractivity contribution in [2.24, 2.45) is 0 Å². The average molecular weight is 252 g/mol. The van der Waals surface area contributed by atoms with Crippen LogP contribution in [0.3, 0.4) is 0 Å². The molecule has 0 saturated heterocycles. The topological polar surface area (TPSA) is 52.0 Å². The molecule has 1 rings (SSSR count). The molecule has 0 saturated carbocycles. The minimum atomic E-state index is -4.60. The molecule has 0 amide bonds. The third-order valence-corrected chi connectivity index (χ3v) is 1.93. The molecule has 0 atom stereocenters. The number of hydrogen-bond donors (Lipinski definition) is 1. The summed E-state index contributed by atoms with van der Waals surface area (Å²) in [7, 11) is 0. The average Bonchev–Trinajstić information content (AvgIpc) is 2.60. The molecule has 5 nitrogen and oxygen atoms in total. The summed E-state index contributed by atoms with van der Waals surface area (Å²) in [5.41, 5.74) is 0. The molecule has 1 aromatic heterocycles. The molecule has 0 unspecified atom stereocenters. The minimum absolute atomic E-state index is 0.0224. The number of alkyl halides is 3. The number of rotatable bonds is 6. The molecule has 1 N–H and O–H groups in total. The Bertz CT molecular complexity index is 337. The van der Waals surface area contributed by atoms with Gasteiger partial charge < -0.3 is 5.32 Å². The highest BCUT2D eigenvalue weighted by atomic mass is 19.4. The second-order valence-electron chi connectivity index (χ2n) is 3.73. The molecule has 0 aliphatic heterocycles. The van der Waals surface area contributed by atoms with E-state index in [9.17, 15) is 13.2 Å². The van der Waals surface area contributed by atoms with E-state index >= 15 is 0 Å². The van der Waals surface area contributed by atoms with Gasteiger partial charge in [-0.2, -0.15) is 5.10 Å². The van der Waals surface area contributed by atoms with Crippen LogP contribution in [0.15, 0.2) is 6.33 Å². The van der Waals surface area contributed by atoms with Crippen LogP contribution in [-0.4, -0.2) is 33.8 Å². The Morgan fingerprint density at radius 3 is 2.76 bits per heavy atom. The molecule has 0 aliphatic rings. The summed E-state index contributed by atoms with van der Waals surface area (Å²) in [5.74, 6) is 0.587. The van der Waals surface area contributed by atoms with E-state index in [1.807, 2.05) is 13.8 Å². The van der Waals surface area contributed by atoms with Crippen molar-refractivity contribution in [3.8, 4) is 0 Å². The van der Waals surface area contributed by atoms with Gasteiger partial charge in [0.2, 0.25) is 0 Å². The Morgan fingerprint density at radius 1 is 1.47 bits per heavy atom. The number of hydrogen-bond acceptors (Lipinski definition) is 4. The van der Waals surface area contributed by atoms with Gasteiger partial charge in [-0.25, -0.2) is 9.67 Å². The second-order valence-corrected chi connectivity index (χ2v) is 3.73. The maximum Gasteiger partial charge on any atom is 0.522 e. The van der Waals surface area contributed by atoms with Crippen molar-refractivity contribution in [1.82, 2.24) is 20.1 Å². The maximum atomic E-state index is 11.8. The Morgan fingerprint density at radius 2 is 2.18 bits per heavy atom. The normalized spacial score (nSPS) is 12.4. The van der Waals surface area contributed by atoms with Crippen LogP contribution in [0.1, 0.15) is 19.7 Å². The fourth-order valence-electron chi connectivity index (χ4n) is 1.16. The number of nitrogens with zero attached hydrogens (tertiary/aromatic N) is 3. The summed E-state index contributed by atoms with van der Waals surface area (Å²) in [6, 6.07) is 0.270. The van der Waals surface area contributed by atoms with Gasteiger partial charge in [0, 0.05) is 6.04 Å². The van der Waals surface area contributed by atoms with Crippen LogP contribution < -0.4 is 5.32 Å². The van der Waals surface area contributed by atoms with Crippen molar-refractivity contribution in [2.45, 2.75) is 39.3 Å². The highest BCUT2D eigenvalue weighted by molar-refractivity contribution is 4.84. The van der Waals surface area contributed by atoms with Crippen LogP contribution in [0.25, 0.3) is 0 Å². The van der Waals surface area contributed by atoms with Crippen LogP contribution in [0.2, 0.25) is 0 Å². The molecule has 1 heterocycles. The predicted molar refractivity (Wildman–Crippen MR) is 54.0 cm³/mol. The molecule has 8 heteroatoms. The SMILES string of the molecule is CC(C)NCc1ncnn1CCOC(F)(F)F. The van der Waals surface area contributed by atoms with E-state index in [1.54, 1.807) is 0 Å². The van der Waals surface area contributed by atoms with Gasteiger partial charge in [-0.15, -0.1) is 13.2 Å². The summed E-state index contributed by atoms with van der Waals surface area (Å²) in [5, 5.41) is 6.94. The van der Waals surface area contributed by atoms with Crippen LogP contribution >= 0.6 is 0 Å². The van der Waals surface area contributed by atoms with E-state index in [4.69, 9.17) is 0 Å². The van der Waals surface area contributed by atoms with E-state index in [2.05, 4.69) is 20.1 Å². The lowest BCUT2D eigenvalue weighted by Crippen LogP contribution is -2.25. The highest BCUT2D eigenvalue weighted by Gasteiger charge is 2.28. The third-order valence-electron chi connectivity index (χ3n) is 1.93. The van der Waals surface area contributed by atoms with Crippen molar-refractivity contribution >= 4 is 0 Å². The van der Waals surface area contributed by atoms with Gasteiger partial charge in [0.25, 0.3) is 0 Å². The molecule has 0 fully saturated rings. The van der Waals surface area contributed by atoms with Gasteiger partial charge >= 0.3 is 6.36 Å². The zero-order valence-corrected chi connectivity index (χ0v) is 9.66. The summed E-state index contributed by atoms with van der Waals surface area (Å²) in [4.78, 5) is 3.96. The summed E-state index contributed by atoms with van der Waals surface area (Å²) < 4.78 is 40.3. The molecule has 17 heavy (non-hydrogen) atoms. The Labute approximate surface area is 97.0 Å². The molecule has 0 bridgehead atoms. The van der Waals surface area contributed by atoms with Crippen molar-refractivity contribution < 1.29 is 17.9 Å². The Balaban J connectivity index is 2.40. The lowest BCUT2D eigenvalue weighted by atomic mass is 10.4. The van der Waals surface area contributed by atoms with E-state index in [-0.39, 0.29) is 12.6 Å². The number of ether oxygens (including phenoxy) is 1. The molecule has 0 radical (unpaired) electrons. The molecule has 0 aliphatic carbocycles. The molecule has 1 aromatic rings. The first-order valence-electron chi connectivity index (χ1n) is 5.19. The fourth-order valence-corrected chi connectivity index (χ4v) is 1.16. The van der Waals surface area contributed by atoms with E-state index in [0.717, 1.165) is 0 Å². The standard InChI is InChI=1S/C9H15F3N4O/c1-7(2)13-5-8-14-6-15-16(8)3-4-17-9(10,11)12/h6-7,13H,3-5H2,1-2H3. The monoisotopic (exact) mass is 252 g/mol. The van der Waals surface area contributed by atoms with Crippen LogP contribution in [0.5, 0.6) is 0 Å². The van der Waals surface area contributed by atoms with Crippen LogP contribution in [0.4, 0.5) is 13.2 Å². The van der Waals surface area contributed by atoms with Gasteiger partial charge in [0.05, 0.1) is 19.7 Å². The van der Waals surface area contributed by atoms with Gasteiger partial charge in [0.1, 0.15) is 12.2 Å². The van der Waals surface area contributed by atoms with Crippen molar-refractivity contribution in [2.75, 3.05) is 6.61 Å². The number of nitrogens with one attached hydrogen (secondary N) is 1. The molecule has 0 aromatic carbocycles. The largest absolute Gasteiger partial charge is 0.522 e. The van der Waals surface area contributed by atoms with Crippen molar-refractivity contribution in [3.05, 3.63) is 12.2 Å². The van der Waals surface area contributed by atoms with E-state index in [1.165, 1.54) is 11.0 Å². The molecule has 98 valence electrons. The number of halogens is 3. The fraction of sp³-hybridized carbons (Fsp3) is 0.778. The summed E-state index contributed by atoms with van der Waals surface area (Å²) in [6.07, 6.45) is -3.29. The zero-order valence-electron chi connectivity index (χ0n) is 9.66. The smallest absolute Gasteiger partial charge is 0.308 e. The highest BCUT2D eigenvalue weighted by Crippen LogP contribution is 2.15. The van der Waals surface area contributed by atoms with E-state index in [0.29, 0.717) is 12.4 Å². The molecular formula is C9H15F3N4O. The first-order valence-corrected chi connectivity index (χ1v) is 5.19. The Kier molecular flexibility index (Phi) is 4.88. The first kappa shape index (κ1) is 13.9. The van der Waals surface area contributed by atoms with Crippen molar-refractivity contribution in [3.63, 3.8) is 0 Å². The van der Waals surface area contributed by atoms with Gasteiger partial charge in [-0.05, 0) is 0 Å². The van der Waals surface area contributed by atoms with Crippen LogP contribution in [-0.2, 0) is 17.8 Å². The second kappa shape index (κ2) is 5.97. The summed E-state index contributed by atoms with van der Waals surface area (Å²) in [6.45, 7) is 3.95. The van der Waals surface area contributed by atoms with Crippen molar-refractivity contribution in [1.29, 1.82) is 0 Å². The Hall–Kier alpha value is -1.15. The minimum Gasteiger partial charge on any atom is -0.308 e. The van der Waals surface area contributed by atoms with Crippen LogP contribution in [0, 0.1) is 0 Å². The third kappa shape index (κ3) is 5.64. The predicted octanol–water partition coefficient (Wildman–Crippen LogP) is 1.31. The number of aromatic nitrogens is 3. The maximum absolute atomic E-state index is 11.8. The lowest BCUT2D eigenvalue weighted by molar-refractivity contribution is -0.325. The quantitative estimate of drug-likeness (QED) is 0.829. The van der Waals surface area contributed by atoms with Gasteiger partial charge in [-0.1, -0.05) is 13.8 Å². The first-order chi connectivity index (χ1) is 7.88. The van der Waals surface area contributed by atoms with E-state index < -0.39 is 13.0 Å². The summed E-state index contributed by atoms with van der Waals surface area (Å²) >= 11 is 0. The molecule has 0 spiro atoms.